The fraction of sp³-hybridized carbons (Fsp3) is 0.222. The van der Waals surface area contributed by atoms with Crippen LogP contribution in [0.1, 0.15) is 23.2 Å². The molecule has 1 amide bonds. The number of carbonyl (C=O) groups excluding carboxylic acids is 1. The van der Waals surface area contributed by atoms with Crippen molar-refractivity contribution in [1.29, 1.82) is 0 Å². The van der Waals surface area contributed by atoms with E-state index in [-0.39, 0.29) is 22.1 Å². The molecule has 1 aliphatic rings. The summed E-state index contributed by atoms with van der Waals surface area (Å²) >= 11 is 8.32. The van der Waals surface area contributed by atoms with Crippen molar-refractivity contribution in [3.63, 3.8) is 0 Å². The van der Waals surface area contributed by atoms with E-state index < -0.39 is 15.8 Å². The van der Waals surface area contributed by atoms with Crippen molar-refractivity contribution in [3.8, 4) is 0 Å². The minimum Gasteiger partial charge on any atom is -0.366 e. The van der Waals surface area contributed by atoms with Crippen LogP contribution in [0.5, 0.6) is 0 Å². The van der Waals surface area contributed by atoms with Crippen LogP contribution in [0, 0.1) is 20.2 Å². The standard InChI is InChI=1S/C18H16BrN5O5S/c19-13-10-12(23(26)27)4-5-14(13)20-18(30)21-17(25)11-3-6-15(16(9-11)24(28)29)22-7-1-2-8-22/h3-6,9-10H,1-2,7-8H2,(H2,20,21,25,30). The molecule has 0 radical (unpaired) electrons. The second-order valence-corrected chi connectivity index (χ2v) is 7.75. The molecular weight excluding hydrogens is 478 g/mol. The Bertz CT molecular complexity index is 1040. The highest BCUT2D eigenvalue weighted by atomic mass is 79.9. The number of benzene rings is 2. The Hall–Kier alpha value is -3.12. The van der Waals surface area contributed by atoms with E-state index in [1.54, 1.807) is 6.07 Å². The van der Waals surface area contributed by atoms with E-state index in [1.807, 2.05) is 4.90 Å². The number of nitrogens with one attached hydrogen (secondary N) is 2. The molecule has 0 bridgehead atoms. The lowest BCUT2D eigenvalue weighted by molar-refractivity contribution is -0.384. The molecule has 0 aliphatic carbocycles. The lowest BCUT2D eigenvalue weighted by atomic mass is 10.1. The number of carbonyl (C=O) groups is 1. The predicted octanol–water partition coefficient (Wildman–Crippen LogP) is 3.99. The van der Waals surface area contributed by atoms with Gasteiger partial charge in [0.1, 0.15) is 5.69 Å². The second-order valence-electron chi connectivity index (χ2n) is 6.48. The number of rotatable bonds is 5. The summed E-state index contributed by atoms with van der Waals surface area (Å²) < 4.78 is 0.388. The van der Waals surface area contributed by atoms with Crippen molar-refractivity contribution in [2.75, 3.05) is 23.3 Å². The van der Waals surface area contributed by atoms with Gasteiger partial charge in [-0.15, -0.1) is 0 Å². The van der Waals surface area contributed by atoms with E-state index in [2.05, 4.69) is 26.6 Å². The van der Waals surface area contributed by atoms with Gasteiger partial charge < -0.3 is 10.2 Å². The number of thiocarbonyl (C=S) groups is 1. The quantitative estimate of drug-likeness (QED) is 0.363. The number of hydrogen-bond acceptors (Lipinski definition) is 7. The maximum Gasteiger partial charge on any atom is 0.293 e. The molecular formula is C18H16BrN5O5S. The average Bonchev–Trinajstić information content (AvgIpc) is 3.23. The molecule has 0 spiro atoms. The molecule has 12 heteroatoms. The third-order valence-corrected chi connectivity index (χ3v) is 5.38. The number of hydrogen-bond donors (Lipinski definition) is 2. The Morgan fingerprint density at radius 2 is 1.77 bits per heavy atom. The zero-order chi connectivity index (χ0) is 21.8. The number of nitro groups is 2. The minimum absolute atomic E-state index is 0.0548. The molecule has 3 rings (SSSR count). The average molecular weight is 494 g/mol. The number of nitro benzene ring substituents is 2. The molecule has 1 saturated heterocycles. The van der Waals surface area contributed by atoms with Gasteiger partial charge in [0.15, 0.2) is 5.11 Å². The first-order valence-corrected chi connectivity index (χ1v) is 10.1. The fourth-order valence-electron chi connectivity index (χ4n) is 3.08. The monoisotopic (exact) mass is 493 g/mol. The van der Waals surface area contributed by atoms with Gasteiger partial charge in [-0.2, -0.15) is 0 Å². The van der Waals surface area contributed by atoms with Gasteiger partial charge in [0.2, 0.25) is 0 Å². The predicted molar refractivity (Wildman–Crippen MR) is 119 cm³/mol. The molecule has 0 aromatic heterocycles. The first kappa shape index (κ1) is 21.6. The zero-order valence-corrected chi connectivity index (χ0v) is 17.9. The molecule has 2 aromatic carbocycles. The van der Waals surface area contributed by atoms with E-state index in [4.69, 9.17) is 12.2 Å². The van der Waals surface area contributed by atoms with Crippen molar-refractivity contribution in [2.45, 2.75) is 12.8 Å². The summed E-state index contributed by atoms with van der Waals surface area (Å²) in [7, 11) is 0. The lowest BCUT2D eigenvalue weighted by Crippen LogP contribution is -2.34. The van der Waals surface area contributed by atoms with E-state index in [1.165, 1.54) is 30.3 Å². The first-order chi connectivity index (χ1) is 14.3. The summed E-state index contributed by atoms with van der Waals surface area (Å²) in [6, 6.07) is 8.34. The Labute approximate surface area is 184 Å². The van der Waals surface area contributed by atoms with Gasteiger partial charge in [-0.3, -0.25) is 30.3 Å². The van der Waals surface area contributed by atoms with E-state index in [0.29, 0.717) is 15.8 Å². The van der Waals surface area contributed by atoms with E-state index >= 15 is 0 Å². The summed E-state index contributed by atoms with van der Waals surface area (Å²) in [4.78, 5) is 35.7. The molecule has 30 heavy (non-hydrogen) atoms. The van der Waals surface area contributed by atoms with E-state index in [0.717, 1.165) is 25.9 Å². The smallest absolute Gasteiger partial charge is 0.293 e. The van der Waals surface area contributed by atoms with Crippen molar-refractivity contribution in [3.05, 3.63) is 66.7 Å². The summed E-state index contributed by atoms with van der Waals surface area (Å²) in [6.45, 7) is 1.48. The van der Waals surface area contributed by atoms with Crippen LogP contribution in [0.3, 0.4) is 0 Å². The van der Waals surface area contributed by atoms with Crippen LogP contribution in [0.15, 0.2) is 40.9 Å². The molecule has 156 valence electrons. The topological polar surface area (TPSA) is 131 Å². The molecule has 1 heterocycles. The van der Waals surface area contributed by atoms with Crippen molar-refractivity contribution >= 4 is 61.9 Å². The van der Waals surface area contributed by atoms with Gasteiger partial charge in [-0.25, -0.2) is 0 Å². The Kier molecular flexibility index (Phi) is 6.57. The van der Waals surface area contributed by atoms with Gasteiger partial charge >= 0.3 is 0 Å². The number of amides is 1. The number of anilines is 2. The van der Waals surface area contributed by atoms with Gasteiger partial charge in [-0.1, -0.05) is 0 Å². The zero-order valence-electron chi connectivity index (χ0n) is 15.5. The molecule has 2 aromatic rings. The summed E-state index contributed by atoms with van der Waals surface area (Å²) in [5, 5.41) is 27.4. The van der Waals surface area contributed by atoms with Crippen LogP contribution in [0.4, 0.5) is 22.7 Å². The van der Waals surface area contributed by atoms with Crippen molar-refractivity contribution in [2.24, 2.45) is 0 Å². The van der Waals surface area contributed by atoms with Gasteiger partial charge in [0.05, 0.1) is 15.5 Å². The molecule has 2 N–H and O–H groups in total. The number of non-ortho nitro benzene ring substituents is 1. The van der Waals surface area contributed by atoms with Crippen LogP contribution in [0.2, 0.25) is 0 Å². The first-order valence-electron chi connectivity index (χ1n) is 8.86. The Morgan fingerprint density at radius 3 is 2.37 bits per heavy atom. The number of halogens is 1. The highest BCUT2D eigenvalue weighted by Crippen LogP contribution is 2.32. The van der Waals surface area contributed by atoms with Crippen LogP contribution in [0.25, 0.3) is 0 Å². The minimum atomic E-state index is -0.610. The molecule has 0 unspecified atom stereocenters. The Balaban J connectivity index is 1.72. The normalized spacial score (nSPS) is 13.0. The summed E-state index contributed by atoms with van der Waals surface area (Å²) in [5.74, 6) is -0.610. The SMILES string of the molecule is O=C(NC(=S)Nc1ccc([N+](=O)[O-])cc1Br)c1ccc(N2CCCC2)c([N+](=O)[O-])c1. The van der Waals surface area contributed by atoms with Gasteiger partial charge in [-0.05, 0) is 59.2 Å². The molecule has 10 nitrogen and oxygen atoms in total. The maximum absolute atomic E-state index is 12.5. The molecule has 0 saturated carbocycles. The maximum atomic E-state index is 12.5. The van der Waals surface area contributed by atoms with Gasteiger partial charge in [0, 0.05) is 41.3 Å². The largest absolute Gasteiger partial charge is 0.366 e. The second kappa shape index (κ2) is 9.13. The van der Waals surface area contributed by atoms with Crippen LogP contribution in [-0.2, 0) is 0 Å². The Morgan fingerprint density at radius 1 is 1.07 bits per heavy atom. The van der Waals surface area contributed by atoms with Crippen LogP contribution in [-0.4, -0.2) is 34.0 Å². The van der Waals surface area contributed by atoms with Crippen LogP contribution < -0.4 is 15.5 Å². The fourth-order valence-corrected chi connectivity index (χ4v) is 3.75. The van der Waals surface area contributed by atoms with Crippen LogP contribution >= 0.6 is 28.1 Å². The van der Waals surface area contributed by atoms with Gasteiger partial charge in [0.25, 0.3) is 17.3 Å². The third-order valence-electron chi connectivity index (χ3n) is 4.52. The summed E-state index contributed by atoms with van der Waals surface area (Å²) in [6.07, 6.45) is 1.94. The lowest BCUT2D eigenvalue weighted by Gasteiger charge is -2.18. The van der Waals surface area contributed by atoms with E-state index in [9.17, 15) is 25.0 Å². The van der Waals surface area contributed by atoms with Crippen molar-refractivity contribution < 1.29 is 14.6 Å². The molecule has 1 fully saturated rings. The van der Waals surface area contributed by atoms with Crippen molar-refractivity contribution in [1.82, 2.24) is 5.32 Å². The summed E-state index contributed by atoms with van der Waals surface area (Å²) in [5.41, 5.74) is 0.761. The highest BCUT2D eigenvalue weighted by Gasteiger charge is 2.24. The molecule has 0 atom stereocenters. The molecule has 1 aliphatic heterocycles. The number of nitrogens with zero attached hydrogens (tertiary/aromatic N) is 3. The highest BCUT2D eigenvalue weighted by molar-refractivity contribution is 9.10. The third kappa shape index (κ3) is 4.89.